The number of benzene rings is 2. The van der Waals surface area contributed by atoms with E-state index < -0.39 is 60.0 Å². The number of nitrogens with one attached hydrogen (secondary N) is 4. The van der Waals surface area contributed by atoms with Crippen LogP contribution in [-0.2, 0) is 30.4 Å². The number of amides is 5. The Hall–Kier alpha value is -5.38. The minimum Gasteiger partial charge on any atom is -0.370 e. The van der Waals surface area contributed by atoms with Crippen LogP contribution in [0.15, 0.2) is 59.6 Å². The zero-order chi connectivity index (χ0) is 34.3. The monoisotopic (exact) mass is 665 g/mol. The molecule has 47 heavy (non-hydrogen) atoms. The van der Waals surface area contributed by atoms with Crippen molar-refractivity contribution in [1.82, 2.24) is 26.3 Å². The van der Waals surface area contributed by atoms with Crippen LogP contribution in [0.4, 0.5) is 0 Å². The van der Waals surface area contributed by atoms with E-state index in [-0.39, 0.29) is 43.2 Å². The summed E-state index contributed by atoms with van der Waals surface area (Å²) in [6, 6.07) is 12.7. The smallest absolute Gasteiger partial charge is 0.243 e. The van der Waals surface area contributed by atoms with E-state index in [2.05, 4.69) is 31.2 Å². The largest absolute Gasteiger partial charge is 0.370 e. The van der Waals surface area contributed by atoms with Gasteiger partial charge in [0, 0.05) is 26.3 Å². The van der Waals surface area contributed by atoms with Crippen LogP contribution in [0.5, 0.6) is 0 Å². The van der Waals surface area contributed by atoms with Crippen molar-refractivity contribution in [1.29, 1.82) is 0 Å². The van der Waals surface area contributed by atoms with E-state index in [1.54, 1.807) is 42.5 Å². The molecule has 0 bridgehead atoms. The van der Waals surface area contributed by atoms with E-state index in [1.165, 1.54) is 18.3 Å². The average molecular weight is 666 g/mol. The van der Waals surface area contributed by atoms with E-state index in [0.717, 1.165) is 4.70 Å². The van der Waals surface area contributed by atoms with E-state index >= 15 is 0 Å². The maximum Gasteiger partial charge on any atom is 0.243 e. The molecular weight excluding hydrogens is 626 g/mol. The Balaban J connectivity index is 1.86. The van der Waals surface area contributed by atoms with Crippen LogP contribution in [0.25, 0.3) is 10.2 Å². The van der Waals surface area contributed by atoms with Crippen molar-refractivity contribution in [2.45, 2.75) is 57.2 Å². The number of para-hydroxylation sites is 1. The number of ketones is 1. The topological polar surface area (TPSA) is 254 Å². The SMILES string of the molecule is CC(=O)NCC(=O)NC(CCC(N)=O)C(=O)NC(Cc1ccccc1)C(=O)NC(CCCN=C(N)N)C(=O)c1nc2ccccc2s1. The highest BCUT2D eigenvalue weighted by molar-refractivity contribution is 7.20. The number of rotatable bonds is 18. The molecule has 0 aliphatic heterocycles. The third kappa shape index (κ3) is 12.1. The Labute approximate surface area is 275 Å². The standard InChI is InChI=1S/C31H39N9O6S/c1-18(41)36-17-26(43)37-22(13-14-25(32)42)28(45)39-23(16-19-8-3-2-4-9-19)29(46)38-21(11-7-15-35-31(33)34)27(44)30-40-20-10-5-6-12-24(20)47-30/h2-6,8-10,12,21-23H,7,11,13-17H2,1H3,(H2,32,42)(H,36,41)(H,37,43)(H,38,46)(H,39,45)(H4,33,34,35). The number of aliphatic imine (C=N–C) groups is 1. The molecule has 3 aromatic rings. The molecule has 3 unspecified atom stereocenters. The minimum absolute atomic E-state index is 0.0385. The zero-order valence-corrected chi connectivity index (χ0v) is 26.7. The predicted octanol–water partition coefficient (Wildman–Crippen LogP) is -0.369. The summed E-state index contributed by atoms with van der Waals surface area (Å²) in [5.41, 5.74) is 17.5. The fourth-order valence-electron chi connectivity index (χ4n) is 4.51. The lowest BCUT2D eigenvalue weighted by atomic mass is 10.0. The number of carbonyl (C=O) groups is 6. The summed E-state index contributed by atoms with van der Waals surface area (Å²) in [6.07, 6.45) is 0.171. The summed E-state index contributed by atoms with van der Waals surface area (Å²) >= 11 is 1.20. The van der Waals surface area contributed by atoms with Gasteiger partial charge in [-0.3, -0.25) is 33.8 Å². The molecule has 0 spiro atoms. The van der Waals surface area contributed by atoms with E-state index in [4.69, 9.17) is 17.2 Å². The molecule has 1 aromatic heterocycles. The number of carbonyl (C=O) groups excluding carboxylic acids is 6. The van der Waals surface area contributed by atoms with E-state index in [0.29, 0.717) is 17.5 Å². The first kappa shape index (κ1) is 36.1. The number of thiazole rings is 1. The summed E-state index contributed by atoms with van der Waals surface area (Å²) in [6.45, 7) is 1.04. The maximum atomic E-state index is 13.9. The second-order valence-corrected chi connectivity index (χ2v) is 11.7. The van der Waals surface area contributed by atoms with Crippen LogP contribution >= 0.6 is 11.3 Å². The molecule has 3 atom stereocenters. The van der Waals surface area contributed by atoms with Crippen molar-refractivity contribution in [3.63, 3.8) is 0 Å². The minimum atomic E-state index is -1.26. The van der Waals surface area contributed by atoms with Crippen molar-refractivity contribution >= 4 is 62.8 Å². The number of fused-ring (bicyclic) bond motifs is 1. The van der Waals surface area contributed by atoms with Crippen molar-refractivity contribution in [2.75, 3.05) is 13.1 Å². The third-order valence-electron chi connectivity index (χ3n) is 6.83. The van der Waals surface area contributed by atoms with Gasteiger partial charge >= 0.3 is 0 Å². The highest BCUT2D eigenvalue weighted by Crippen LogP contribution is 2.23. The molecule has 1 heterocycles. The van der Waals surface area contributed by atoms with Crippen LogP contribution in [-0.4, -0.2) is 77.5 Å². The van der Waals surface area contributed by atoms with Crippen molar-refractivity contribution in [2.24, 2.45) is 22.2 Å². The number of guanidine groups is 1. The molecule has 0 aliphatic carbocycles. The lowest BCUT2D eigenvalue weighted by molar-refractivity contribution is -0.132. The Morgan fingerprint density at radius 3 is 2.15 bits per heavy atom. The van der Waals surface area contributed by atoms with Gasteiger partial charge in [-0.1, -0.05) is 42.5 Å². The Bertz CT molecular complexity index is 1570. The molecule has 3 rings (SSSR count). The summed E-state index contributed by atoms with van der Waals surface area (Å²) in [7, 11) is 0. The quantitative estimate of drug-likeness (QED) is 0.0404. The van der Waals surface area contributed by atoms with Crippen LogP contribution in [0.2, 0.25) is 0 Å². The number of nitrogens with two attached hydrogens (primary N) is 3. The molecule has 0 aliphatic rings. The van der Waals surface area contributed by atoms with Crippen molar-refractivity contribution < 1.29 is 28.8 Å². The van der Waals surface area contributed by atoms with Crippen LogP contribution in [0.3, 0.4) is 0 Å². The molecule has 0 fully saturated rings. The first-order valence-electron chi connectivity index (χ1n) is 14.8. The molecule has 15 nitrogen and oxygen atoms in total. The highest BCUT2D eigenvalue weighted by Gasteiger charge is 2.31. The number of Topliss-reactive ketones (excluding diaryl/α,β-unsaturated/α-hetero) is 1. The maximum absolute atomic E-state index is 13.9. The zero-order valence-electron chi connectivity index (χ0n) is 25.9. The summed E-state index contributed by atoms with van der Waals surface area (Å²) < 4.78 is 0.804. The van der Waals surface area contributed by atoms with E-state index in [9.17, 15) is 28.8 Å². The number of nitrogens with zero attached hydrogens (tertiary/aromatic N) is 2. The van der Waals surface area contributed by atoms with Gasteiger partial charge in [-0.2, -0.15) is 0 Å². The second kappa shape index (κ2) is 17.9. The average Bonchev–Trinajstić information content (AvgIpc) is 3.47. The fourth-order valence-corrected chi connectivity index (χ4v) is 5.47. The lowest BCUT2D eigenvalue weighted by Gasteiger charge is -2.25. The van der Waals surface area contributed by atoms with Crippen molar-refractivity contribution in [3.8, 4) is 0 Å². The number of primary amides is 1. The van der Waals surface area contributed by atoms with Gasteiger partial charge in [0.2, 0.25) is 35.3 Å². The molecule has 2 aromatic carbocycles. The molecule has 5 amide bonds. The Morgan fingerprint density at radius 2 is 1.49 bits per heavy atom. The fraction of sp³-hybridized carbons (Fsp3) is 0.355. The highest BCUT2D eigenvalue weighted by atomic mass is 32.1. The molecule has 10 N–H and O–H groups in total. The van der Waals surface area contributed by atoms with Crippen molar-refractivity contribution in [3.05, 3.63) is 65.2 Å². The van der Waals surface area contributed by atoms with Gasteiger partial charge in [0.15, 0.2) is 11.0 Å². The summed E-state index contributed by atoms with van der Waals surface area (Å²) in [5.74, 6) is -3.79. The first-order valence-corrected chi connectivity index (χ1v) is 15.7. The van der Waals surface area contributed by atoms with Gasteiger partial charge in [0.25, 0.3) is 0 Å². The van der Waals surface area contributed by atoms with Gasteiger partial charge in [-0.25, -0.2) is 4.98 Å². The normalized spacial score (nSPS) is 12.6. The summed E-state index contributed by atoms with van der Waals surface area (Å²) in [4.78, 5) is 84.6. The molecule has 250 valence electrons. The molecule has 0 saturated heterocycles. The summed E-state index contributed by atoms with van der Waals surface area (Å²) in [5, 5.41) is 10.5. The third-order valence-corrected chi connectivity index (χ3v) is 7.88. The number of hydrogen-bond donors (Lipinski definition) is 7. The Morgan fingerprint density at radius 1 is 0.830 bits per heavy atom. The predicted molar refractivity (Wildman–Crippen MR) is 177 cm³/mol. The van der Waals surface area contributed by atoms with Gasteiger partial charge < -0.3 is 38.5 Å². The van der Waals surface area contributed by atoms with Gasteiger partial charge in [0.1, 0.15) is 12.1 Å². The first-order chi connectivity index (χ1) is 22.4. The van der Waals surface area contributed by atoms with Gasteiger partial charge in [-0.15, -0.1) is 11.3 Å². The van der Waals surface area contributed by atoms with Crippen LogP contribution < -0.4 is 38.5 Å². The van der Waals surface area contributed by atoms with Crippen LogP contribution in [0.1, 0.15) is 48.0 Å². The number of aromatic nitrogens is 1. The number of hydrogen-bond acceptors (Lipinski definition) is 9. The molecule has 0 saturated carbocycles. The Kier molecular flexibility index (Phi) is 13.8. The second-order valence-electron chi connectivity index (χ2n) is 10.6. The lowest BCUT2D eigenvalue weighted by Crippen LogP contribution is -2.57. The molecule has 16 heteroatoms. The van der Waals surface area contributed by atoms with Gasteiger partial charge in [0.05, 0.1) is 22.8 Å². The van der Waals surface area contributed by atoms with E-state index in [1.807, 2.05) is 12.1 Å². The molecular formula is C31H39N9O6S. The van der Waals surface area contributed by atoms with Gasteiger partial charge in [-0.05, 0) is 37.0 Å². The molecule has 0 radical (unpaired) electrons. The van der Waals surface area contributed by atoms with Crippen LogP contribution in [0, 0.1) is 0 Å².